The topological polar surface area (TPSA) is 164 Å². The second kappa shape index (κ2) is 22.1. The van der Waals surface area contributed by atoms with E-state index in [2.05, 4.69) is 58.2 Å². The third-order valence-corrected chi connectivity index (χ3v) is 15.5. The number of halogens is 1. The van der Waals surface area contributed by atoms with Gasteiger partial charge in [-0.2, -0.15) is 0 Å². The van der Waals surface area contributed by atoms with Gasteiger partial charge < -0.3 is 28.8 Å². The van der Waals surface area contributed by atoms with Crippen LogP contribution in [0, 0.1) is 5.82 Å². The average Bonchev–Trinajstić information content (AvgIpc) is 3.69. The summed E-state index contributed by atoms with van der Waals surface area (Å²) in [5.74, 6) is 0.0470. The van der Waals surface area contributed by atoms with Crippen molar-refractivity contribution in [3.05, 3.63) is 130 Å². The van der Waals surface area contributed by atoms with Gasteiger partial charge in [0.25, 0.3) is 0 Å². The van der Waals surface area contributed by atoms with Crippen LogP contribution in [-0.4, -0.2) is 85.6 Å². The van der Waals surface area contributed by atoms with Crippen LogP contribution in [0.15, 0.2) is 111 Å². The van der Waals surface area contributed by atoms with Gasteiger partial charge in [-0.15, -0.1) is 0 Å². The van der Waals surface area contributed by atoms with E-state index in [1.165, 1.54) is 24.3 Å². The Labute approximate surface area is 406 Å². The van der Waals surface area contributed by atoms with E-state index in [1.54, 1.807) is 12.1 Å². The lowest BCUT2D eigenvalue weighted by Crippen LogP contribution is -2.29. The molecule has 2 aliphatic heterocycles. The summed E-state index contributed by atoms with van der Waals surface area (Å²) in [4.78, 5) is 16.1. The van der Waals surface area contributed by atoms with E-state index in [1.807, 2.05) is 62.6 Å². The number of anilines is 1. The number of sulfonamides is 1. The Kier molecular flexibility index (Phi) is 16.4. The van der Waals surface area contributed by atoms with Crippen molar-refractivity contribution < 1.29 is 39.7 Å². The molecule has 2 heterocycles. The van der Waals surface area contributed by atoms with Crippen LogP contribution >= 0.6 is 0 Å². The minimum absolute atomic E-state index is 0.0378. The van der Waals surface area contributed by atoms with E-state index < -0.39 is 30.6 Å². The standard InChI is InChI=1S/C53H64FN5O8S2/c1-7-58(8-2)41-21-24-44-48(32-41)67-49-33-42(59(9-3)10-4)22-25-45(49)52(44)46-26-23-43(34-50(46)69(63,64)65)68(61,62)56-29-13-11-12-15-51(60)55-35-37-16-27-47-38(31-37)36-66-53(47,28-14-30-57(5)6)39-17-19-40(54)20-18-39/h16-27,31-34,56H,7-15,28-30,35-36H2,1-6H3,(H-,55,60,63,64,65)/t53-/m0/s1. The first-order chi connectivity index (χ1) is 33.0. The number of carbonyl (C=O) groups is 1. The van der Waals surface area contributed by atoms with Crippen LogP contribution in [0.4, 0.5) is 10.1 Å². The van der Waals surface area contributed by atoms with Crippen LogP contribution in [0.3, 0.4) is 0 Å². The van der Waals surface area contributed by atoms with Crippen LogP contribution in [0.5, 0.6) is 0 Å². The average molecular weight is 982 g/mol. The molecule has 0 saturated heterocycles. The first kappa shape index (κ1) is 51.4. The second-order valence-electron chi connectivity index (χ2n) is 17.8. The fourth-order valence-corrected chi connectivity index (χ4v) is 11.4. The predicted molar refractivity (Wildman–Crippen MR) is 268 cm³/mol. The molecule has 0 saturated carbocycles. The fourth-order valence-electron chi connectivity index (χ4n) is 9.48. The smallest absolute Gasteiger partial charge is 0.240 e. The molecule has 0 spiro atoms. The molecule has 2 N–H and O–H groups in total. The lowest BCUT2D eigenvalue weighted by Gasteiger charge is -2.31. The molecular formula is C53H64FN5O8S2. The van der Waals surface area contributed by atoms with Crippen molar-refractivity contribution in [1.29, 1.82) is 0 Å². The summed E-state index contributed by atoms with van der Waals surface area (Å²) in [5, 5.41) is 4.47. The molecule has 0 radical (unpaired) electrons. The number of rotatable bonds is 22. The van der Waals surface area contributed by atoms with Gasteiger partial charge in [0.1, 0.15) is 46.0 Å². The van der Waals surface area contributed by atoms with Gasteiger partial charge in [0.2, 0.25) is 21.3 Å². The first-order valence-electron chi connectivity index (χ1n) is 23.9. The van der Waals surface area contributed by atoms with Gasteiger partial charge in [-0.05, 0) is 139 Å². The zero-order chi connectivity index (χ0) is 49.5. The van der Waals surface area contributed by atoms with Crippen LogP contribution in [-0.2, 0) is 48.4 Å². The van der Waals surface area contributed by atoms with Gasteiger partial charge in [0.05, 0.1) is 22.5 Å². The maximum atomic E-state index is 13.9. The van der Waals surface area contributed by atoms with Crippen molar-refractivity contribution in [1.82, 2.24) is 19.5 Å². The monoisotopic (exact) mass is 981 g/mol. The lowest BCUT2D eigenvalue weighted by atomic mass is 9.81. The molecule has 69 heavy (non-hydrogen) atoms. The molecule has 0 fully saturated rings. The number of carbonyl (C=O) groups excluding carboxylic acids is 1. The molecule has 16 heteroatoms. The Balaban J connectivity index is 0.998. The summed E-state index contributed by atoms with van der Waals surface area (Å²) in [6.45, 7) is 12.9. The van der Waals surface area contributed by atoms with E-state index in [0.29, 0.717) is 60.3 Å². The number of fused-ring (bicyclic) bond motifs is 3. The summed E-state index contributed by atoms with van der Waals surface area (Å²) < 4.78 is 98.0. The normalized spacial score (nSPS) is 15.0. The number of unbranched alkanes of at least 4 members (excludes halogenated alkanes) is 2. The fraction of sp³-hybridized carbons (Fsp3) is 0.396. The van der Waals surface area contributed by atoms with Gasteiger partial charge in [0, 0.05) is 72.5 Å². The van der Waals surface area contributed by atoms with Crippen molar-refractivity contribution in [3.63, 3.8) is 0 Å². The van der Waals surface area contributed by atoms with Crippen molar-refractivity contribution in [2.24, 2.45) is 0 Å². The van der Waals surface area contributed by atoms with Gasteiger partial charge in [-0.1, -0.05) is 42.8 Å². The number of nitrogens with zero attached hydrogens (tertiary/aromatic N) is 3. The van der Waals surface area contributed by atoms with Crippen molar-refractivity contribution in [3.8, 4) is 22.5 Å². The SMILES string of the molecule is CCN(CC)c1ccc2c(-c3ccc(S(=O)(=O)NCCCCCC(=O)NCc4ccc5c(c4)CO[C@@]5(CCCN(C)C)c4ccc(F)cc4)cc3S(=O)(=O)[O-])c3ccc(=[N+](CC)CC)cc-3oc2c1. The second-order valence-corrected chi connectivity index (χ2v) is 20.9. The van der Waals surface area contributed by atoms with E-state index in [-0.39, 0.29) is 35.1 Å². The van der Waals surface area contributed by atoms with Crippen molar-refractivity contribution in [2.75, 3.05) is 58.3 Å². The molecule has 0 aromatic heterocycles. The minimum atomic E-state index is -5.19. The highest BCUT2D eigenvalue weighted by molar-refractivity contribution is 7.89. The largest absolute Gasteiger partial charge is 0.744 e. The molecule has 3 aliphatic rings. The summed E-state index contributed by atoms with van der Waals surface area (Å²) in [5.41, 5.74) is 5.71. The van der Waals surface area contributed by atoms with Crippen molar-refractivity contribution >= 4 is 42.7 Å². The molecule has 1 amide bonds. The van der Waals surface area contributed by atoms with Crippen molar-refractivity contribution in [2.45, 2.75) is 94.8 Å². The molecule has 4 aromatic rings. The van der Waals surface area contributed by atoms with Crippen LogP contribution in [0.1, 0.15) is 88.5 Å². The van der Waals surface area contributed by atoms with Crippen LogP contribution in [0.2, 0.25) is 0 Å². The molecule has 4 aromatic carbocycles. The van der Waals surface area contributed by atoms with Gasteiger partial charge in [-0.3, -0.25) is 4.79 Å². The first-order valence-corrected chi connectivity index (χ1v) is 26.8. The number of hydrogen-bond acceptors (Lipinski definition) is 10. The third kappa shape index (κ3) is 11.6. The molecule has 0 unspecified atom stereocenters. The number of benzene rings is 5. The number of hydrogen-bond donors (Lipinski definition) is 2. The molecule has 1 aliphatic carbocycles. The predicted octanol–water partition coefficient (Wildman–Crippen LogP) is 8.18. The zero-order valence-corrected chi connectivity index (χ0v) is 42.1. The third-order valence-electron chi connectivity index (χ3n) is 13.1. The lowest BCUT2D eigenvalue weighted by molar-refractivity contribution is -0.121. The Morgan fingerprint density at radius 3 is 2.26 bits per heavy atom. The summed E-state index contributed by atoms with van der Waals surface area (Å²) in [6.07, 6.45) is 3.36. The van der Waals surface area contributed by atoms with E-state index in [9.17, 15) is 30.6 Å². The molecular weight excluding hydrogens is 918 g/mol. The summed E-state index contributed by atoms with van der Waals surface area (Å²) >= 11 is 0. The van der Waals surface area contributed by atoms with Crippen LogP contribution in [0.25, 0.3) is 33.4 Å². The maximum Gasteiger partial charge on any atom is 0.240 e. The van der Waals surface area contributed by atoms with Gasteiger partial charge >= 0.3 is 0 Å². The van der Waals surface area contributed by atoms with Crippen LogP contribution < -0.4 is 24.9 Å². The van der Waals surface area contributed by atoms with E-state index >= 15 is 0 Å². The molecule has 7 rings (SSSR count). The minimum Gasteiger partial charge on any atom is -0.744 e. The molecule has 0 bridgehead atoms. The molecule has 368 valence electrons. The highest BCUT2D eigenvalue weighted by atomic mass is 32.2. The Morgan fingerprint density at radius 1 is 0.826 bits per heavy atom. The molecule has 13 nitrogen and oxygen atoms in total. The van der Waals surface area contributed by atoms with E-state index in [4.69, 9.17) is 9.15 Å². The summed E-state index contributed by atoms with van der Waals surface area (Å²) in [6, 6.07) is 27.6. The number of ether oxygens (including phenoxy) is 1. The highest BCUT2D eigenvalue weighted by Crippen LogP contribution is 2.46. The highest BCUT2D eigenvalue weighted by Gasteiger charge is 2.41. The maximum absolute atomic E-state index is 13.9. The Hall–Kier alpha value is -5.49. The quantitative estimate of drug-likeness (QED) is 0.0294. The molecule has 1 atom stereocenters. The Bertz CT molecular complexity index is 3060. The zero-order valence-electron chi connectivity index (χ0n) is 40.4. The van der Waals surface area contributed by atoms with E-state index in [0.717, 1.165) is 84.9 Å². The van der Waals surface area contributed by atoms with Gasteiger partial charge in [0.15, 0.2) is 0 Å². The summed E-state index contributed by atoms with van der Waals surface area (Å²) in [7, 11) is -5.37. The van der Waals surface area contributed by atoms with Gasteiger partial charge in [-0.25, -0.2) is 30.5 Å². The number of amides is 1. The Morgan fingerprint density at radius 2 is 1.57 bits per heavy atom. The number of nitrogens with one attached hydrogen (secondary N) is 2.